The topological polar surface area (TPSA) is 102 Å². The van der Waals surface area contributed by atoms with Crippen molar-refractivity contribution in [3.8, 4) is 6.07 Å². The van der Waals surface area contributed by atoms with Crippen LogP contribution in [0.15, 0.2) is 12.3 Å². The molecule has 2 N–H and O–H groups in total. The number of anilines is 1. The van der Waals surface area contributed by atoms with Crippen LogP contribution in [-0.2, 0) is 4.74 Å². The predicted octanol–water partition coefficient (Wildman–Crippen LogP) is 0.382. The van der Waals surface area contributed by atoms with Crippen LogP contribution in [0, 0.1) is 11.3 Å². The minimum atomic E-state index is -0.660. The molecule has 6 heteroatoms. The van der Waals surface area contributed by atoms with Gasteiger partial charge in [0.1, 0.15) is 0 Å². The van der Waals surface area contributed by atoms with E-state index < -0.39 is 5.97 Å². The van der Waals surface area contributed by atoms with Crippen molar-refractivity contribution >= 4 is 17.9 Å². The third-order valence-electron chi connectivity index (χ3n) is 1.53. The van der Waals surface area contributed by atoms with Gasteiger partial charge in [-0.05, 0) is 6.08 Å². The molecule has 0 radical (unpaired) electrons. The molecule has 15 heavy (non-hydrogen) atoms. The zero-order valence-electron chi connectivity index (χ0n) is 7.97. The minimum absolute atomic E-state index is 0.00374. The molecule has 0 aliphatic carbocycles. The summed E-state index contributed by atoms with van der Waals surface area (Å²) in [5, 5.41) is 8.31. The first-order chi connectivity index (χ1) is 7.19. The summed E-state index contributed by atoms with van der Waals surface area (Å²) in [6, 6.07) is 1.80. The number of aromatic nitrogens is 2. The SMILES string of the molecule is COC(=O)c1nc(C=CC#N)cnc1N. The lowest BCUT2D eigenvalue weighted by atomic mass is 10.3. The zero-order valence-corrected chi connectivity index (χ0v) is 7.97. The second-order valence-corrected chi connectivity index (χ2v) is 2.48. The van der Waals surface area contributed by atoms with E-state index in [1.807, 2.05) is 0 Å². The summed E-state index contributed by atoms with van der Waals surface area (Å²) in [5.74, 6) is -0.664. The third-order valence-corrected chi connectivity index (χ3v) is 1.53. The lowest BCUT2D eigenvalue weighted by Gasteiger charge is -2.01. The first-order valence-corrected chi connectivity index (χ1v) is 3.96. The summed E-state index contributed by atoms with van der Waals surface area (Å²) in [6.07, 6.45) is 4.00. The average molecular weight is 204 g/mol. The van der Waals surface area contributed by atoms with E-state index in [1.165, 1.54) is 25.5 Å². The minimum Gasteiger partial charge on any atom is -0.464 e. The lowest BCUT2D eigenvalue weighted by Crippen LogP contribution is -2.10. The Morgan fingerprint density at radius 2 is 2.47 bits per heavy atom. The van der Waals surface area contributed by atoms with Crippen molar-refractivity contribution < 1.29 is 9.53 Å². The molecular weight excluding hydrogens is 196 g/mol. The molecule has 0 aromatic carbocycles. The van der Waals surface area contributed by atoms with Crippen molar-refractivity contribution in [3.63, 3.8) is 0 Å². The number of rotatable bonds is 2. The Hall–Kier alpha value is -2.42. The highest BCUT2D eigenvalue weighted by Gasteiger charge is 2.12. The molecule has 0 saturated heterocycles. The maximum absolute atomic E-state index is 11.2. The molecule has 0 unspecified atom stereocenters. The summed E-state index contributed by atoms with van der Waals surface area (Å²) >= 11 is 0. The van der Waals surface area contributed by atoms with E-state index in [9.17, 15) is 4.79 Å². The Morgan fingerprint density at radius 3 is 3.07 bits per heavy atom. The van der Waals surface area contributed by atoms with Gasteiger partial charge in [0.25, 0.3) is 0 Å². The van der Waals surface area contributed by atoms with E-state index in [0.717, 1.165) is 0 Å². The number of methoxy groups -OCH3 is 1. The van der Waals surface area contributed by atoms with E-state index >= 15 is 0 Å². The highest BCUT2D eigenvalue weighted by atomic mass is 16.5. The van der Waals surface area contributed by atoms with E-state index in [0.29, 0.717) is 5.69 Å². The summed E-state index contributed by atoms with van der Waals surface area (Å²) in [5.41, 5.74) is 5.74. The van der Waals surface area contributed by atoms with Gasteiger partial charge in [0, 0.05) is 6.08 Å². The molecule has 1 heterocycles. The van der Waals surface area contributed by atoms with Gasteiger partial charge in [0.15, 0.2) is 11.5 Å². The monoisotopic (exact) mass is 204 g/mol. The number of nitrogens with two attached hydrogens (primary N) is 1. The Bertz CT molecular complexity index is 448. The summed E-state index contributed by atoms with van der Waals surface area (Å²) in [7, 11) is 1.22. The number of nitrogen functional groups attached to an aromatic ring is 1. The molecule has 0 aliphatic heterocycles. The molecule has 0 atom stereocenters. The largest absolute Gasteiger partial charge is 0.464 e. The molecule has 0 amide bonds. The maximum atomic E-state index is 11.2. The fraction of sp³-hybridized carbons (Fsp3) is 0.111. The van der Waals surface area contributed by atoms with Gasteiger partial charge in [-0.25, -0.2) is 14.8 Å². The van der Waals surface area contributed by atoms with Crippen LogP contribution in [0.3, 0.4) is 0 Å². The molecule has 1 rings (SSSR count). The molecule has 0 spiro atoms. The Balaban J connectivity index is 3.12. The van der Waals surface area contributed by atoms with Crippen molar-refractivity contribution in [1.82, 2.24) is 9.97 Å². The van der Waals surface area contributed by atoms with Crippen molar-refractivity contribution in [3.05, 3.63) is 23.7 Å². The first kappa shape index (κ1) is 10.7. The van der Waals surface area contributed by atoms with Gasteiger partial charge in [-0.1, -0.05) is 0 Å². The second kappa shape index (κ2) is 4.72. The van der Waals surface area contributed by atoms with E-state index in [4.69, 9.17) is 11.0 Å². The van der Waals surface area contributed by atoms with Crippen LogP contribution in [0.2, 0.25) is 0 Å². The second-order valence-electron chi connectivity index (χ2n) is 2.48. The summed E-state index contributed by atoms with van der Waals surface area (Å²) in [4.78, 5) is 18.8. The molecule has 0 saturated carbocycles. The number of allylic oxidation sites excluding steroid dienone is 1. The van der Waals surface area contributed by atoms with Gasteiger partial charge in [-0.3, -0.25) is 0 Å². The Morgan fingerprint density at radius 1 is 1.73 bits per heavy atom. The zero-order chi connectivity index (χ0) is 11.3. The molecule has 0 aliphatic rings. The van der Waals surface area contributed by atoms with E-state index in [2.05, 4.69) is 14.7 Å². The van der Waals surface area contributed by atoms with Crippen LogP contribution < -0.4 is 5.73 Å². The highest BCUT2D eigenvalue weighted by Crippen LogP contribution is 2.08. The molecule has 1 aromatic rings. The highest BCUT2D eigenvalue weighted by molar-refractivity contribution is 5.91. The van der Waals surface area contributed by atoms with Crippen LogP contribution in [0.25, 0.3) is 6.08 Å². The average Bonchev–Trinajstić information content (AvgIpc) is 2.27. The van der Waals surface area contributed by atoms with E-state index in [1.54, 1.807) is 6.07 Å². The van der Waals surface area contributed by atoms with Crippen LogP contribution in [-0.4, -0.2) is 23.0 Å². The Labute approximate surface area is 86.0 Å². The number of ether oxygens (including phenoxy) is 1. The Kier molecular flexibility index (Phi) is 3.35. The number of nitriles is 1. The number of carbonyl (C=O) groups excluding carboxylic acids is 1. The number of hydrogen-bond donors (Lipinski definition) is 1. The van der Waals surface area contributed by atoms with Gasteiger partial charge >= 0.3 is 5.97 Å². The van der Waals surface area contributed by atoms with Crippen molar-refractivity contribution in [2.75, 3.05) is 12.8 Å². The number of esters is 1. The number of carbonyl (C=O) groups is 1. The molecule has 0 bridgehead atoms. The smallest absolute Gasteiger partial charge is 0.360 e. The van der Waals surface area contributed by atoms with Gasteiger partial charge < -0.3 is 10.5 Å². The quantitative estimate of drug-likeness (QED) is 0.552. The summed E-state index contributed by atoms with van der Waals surface area (Å²) in [6.45, 7) is 0. The molecule has 76 valence electrons. The number of nitrogens with zero attached hydrogens (tertiary/aromatic N) is 3. The van der Waals surface area contributed by atoms with Crippen LogP contribution in [0.4, 0.5) is 5.82 Å². The third kappa shape index (κ3) is 2.51. The molecule has 1 aromatic heterocycles. The summed E-state index contributed by atoms with van der Waals surface area (Å²) < 4.78 is 4.47. The molecular formula is C9H8N4O2. The maximum Gasteiger partial charge on any atom is 0.360 e. The molecule has 6 nitrogen and oxygen atoms in total. The van der Waals surface area contributed by atoms with Crippen molar-refractivity contribution in [2.45, 2.75) is 0 Å². The first-order valence-electron chi connectivity index (χ1n) is 3.96. The standard InChI is InChI=1S/C9H8N4O2/c1-15-9(14)7-8(11)12-5-6(13-7)3-2-4-10/h2-3,5H,1H3,(H2,11,12). The van der Waals surface area contributed by atoms with Crippen LogP contribution in [0.1, 0.15) is 16.2 Å². The van der Waals surface area contributed by atoms with Gasteiger partial charge in [0.2, 0.25) is 0 Å². The normalized spacial score (nSPS) is 9.87. The molecule has 0 fully saturated rings. The van der Waals surface area contributed by atoms with Gasteiger partial charge in [0.05, 0.1) is 25.1 Å². The van der Waals surface area contributed by atoms with Crippen LogP contribution in [0.5, 0.6) is 0 Å². The van der Waals surface area contributed by atoms with Crippen molar-refractivity contribution in [1.29, 1.82) is 5.26 Å². The fourth-order valence-corrected chi connectivity index (χ4v) is 0.862. The number of hydrogen-bond acceptors (Lipinski definition) is 6. The van der Waals surface area contributed by atoms with Gasteiger partial charge in [-0.2, -0.15) is 5.26 Å². The van der Waals surface area contributed by atoms with Crippen molar-refractivity contribution in [2.24, 2.45) is 0 Å². The van der Waals surface area contributed by atoms with Crippen LogP contribution >= 0.6 is 0 Å². The fourth-order valence-electron chi connectivity index (χ4n) is 0.862. The van der Waals surface area contributed by atoms with Gasteiger partial charge in [-0.15, -0.1) is 0 Å². The lowest BCUT2D eigenvalue weighted by molar-refractivity contribution is 0.0595. The predicted molar refractivity (Wildman–Crippen MR) is 52.4 cm³/mol. The van der Waals surface area contributed by atoms with E-state index in [-0.39, 0.29) is 11.5 Å².